The molecule has 0 aliphatic heterocycles. The first kappa shape index (κ1) is 21.1. The molecule has 28 heavy (non-hydrogen) atoms. The zero-order chi connectivity index (χ0) is 20.7. The molecule has 146 valence electrons. The van der Waals surface area contributed by atoms with Crippen molar-refractivity contribution in [2.24, 2.45) is 0 Å². The number of aryl methyl sites for hydroxylation is 1. The number of ether oxygens (including phenoxy) is 2. The van der Waals surface area contributed by atoms with Crippen LogP contribution in [0.3, 0.4) is 0 Å². The molecule has 0 unspecified atom stereocenters. The summed E-state index contributed by atoms with van der Waals surface area (Å²) in [5, 5.41) is 12.1. The van der Waals surface area contributed by atoms with E-state index in [1.165, 1.54) is 20.1 Å². The number of anilines is 1. The summed E-state index contributed by atoms with van der Waals surface area (Å²) in [6, 6.07) is 10.2. The number of carbonyl (C=O) groups is 2. The number of pyridine rings is 1. The second kappa shape index (κ2) is 9.62. The van der Waals surface area contributed by atoms with Gasteiger partial charge in [0.05, 0.1) is 29.1 Å². The molecule has 0 aliphatic rings. The molecule has 0 spiro atoms. The van der Waals surface area contributed by atoms with Crippen molar-refractivity contribution in [2.45, 2.75) is 25.0 Å². The number of hydrogen-bond donors (Lipinski definition) is 2. The van der Waals surface area contributed by atoms with Crippen LogP contribution in [0.2, 0.25) is 0 Å². The van der Waals surface area contributed by atoms with Gasteiger partial charge in [0.15, 0.2) is 6.10 Å². The maximum atomic E-state index is 12.2. The fourth-order valence-electron chi connectivity index (χ4n) is 2.30. The maximum Gasteiger partial charge on any atom is 0.317 e. The number of methoxy groups -OCH3 is 1. The van der Waals surface area contributed by atoms with Crippen LogP contribution in [0.4, 0.5) is 5.69 Å². The second-order valence-corrected chi connectivity index (χ2v) is 6.73. The Balaban J connectivity index is 1.95. The molecule has 1 aromatic heterocycles. The number of aromatic amines is 1. The van der Waals surface area contributed by atoms with Crippen LogP contribution in [-0.4, -0.2) is 35.8 Å². The van der Waals surface area contributed by atoms with Crippen molar-refractivity contribution in [2.75, 3.05) is 18.2 Å². The zero-order valence-corrected chi connectivity index (χ0v) is 16.4. The first-order valence-corrected chi connectivity index (χ1v) is 9.24. The van der Waals surface area contributed by atoms with Gasteiger partial charge in [-0.1, -0.05) is 23.9 Å². The standard InChI is InChI=1S/C19H19N3O5S/c1-11-8-16(23)22-19(13(11)9-20)28-10-17(24)27-12(2)18(25)21-14-6-4-5-7-15(14)26-3/h4-8,12H,10H2,1-3H3,(H,21,25)(H,22,23)/t12-/m0/s1. The van der Waals surface area contributed by atoms with Crippen molar-refractivity contribution in [1.82, 2.24) is 4.98 Å². The molecule has 2 aromatic rings. The minimum absolute atomic E-state index is 0.166. The summed E-state index contributed by atoms with van der Waals surface area (Å²) in [6.07, 6.45) is -1.04. The first-order chi connectivity index (χ1) is 13.3. The molecule has 0 bridgehead atoms. The summed E-state index contributed by atoms with van der Waals surface area (Å²) in [5.41, 5.74) is 0.909. The lowest BCUT2D eigenvalue weighted by atomic mass is 10.2. The lowest BCUT2D eigenvalue weighted by Gasteiger charge is -2.15. The van der Waals surface area contributed by atoms with Crippen molar-refractivity contribution in [1.29, 1.82) is 5.26 Å². The molecule has 1 amide bonds. The lowest BCUT2D eigenvalue weighted by molar-refractivity contribution is -0.150. The Hall–Kier alpha value is -3.25. The summed E-state index contributed by atoms with van der Waals surface area (Å²) in [7, 11) is 1.48. The molecular weight excluding hydrogens is 382 g/mol. The van der Waals surface area contributed by atoms with Gasteiger partial charge in [-0.2, -0.15) is 5.26 Å². The molecule has 0 saturated heterocycles. The van der Waals surface area contributed by atoms with E-state index in [9.17, 15) is 19.6 Å². The van der Waals surface area contributed by atoms with E-state index in [0.29, 0.717) is 22.6 Å². The number of aromatic nitrogens is 1. The Morgan fingerprint density at radius 3 is 2.75 bits per heavy atom. The van der Waals surface area contributed by atoms with Crippen LogP contribution in [0.25, 0.3) is 0 Å². The molecule has 1 aromatic carbocycles. The maximum absolute atomic E-state index is 12.2. The number of benzene rings is 1. The topological polar surface area (TPSA) is 121 Å². The number of thioether (sulfide) groups is 1. The van der Waals surface area contributed by atoms with E-state index < -0.39 is 18.0 Å². The van der Waals surface area contributed by atoms with Crippen molar-refractivity contribution >= 4 is 29.3 Å². The number of rotatable bonds is 7. The number of carbonyl (C=O) groups excluding carboxylic acids is 2. The van der Waals surface area contributed by atoms with E-state index in [0.717, 1.165) is 11.8 Å². The van der Waals surface area contributed by atoms with E-state index in [4.69, 9.17) is 9.47 Å². The molecule has 8 nitrogen and oxygen atoms in total. The largest absolute Gasteiger partial charge is 0.495 e. The third-order valence-electron chi connectivity index (χ3n) is 3.69. The minimum Gasteiger partial charge on any atom is -0.495 e. The normalized spacial score (nSPS) is 11.2. The second-order valence-electron chi connectivity index (χ2n) is 5.74. The van der Waals surface area contributed by atoms with E-state index in [1.54, 1.807) is 31.2 Å². The summed E-state index contributed by atoms with van der Waals surface area (Å²) in [6.45, 7) is 3.09. The van der Waals surface area contributed by atoms with Gasteiger partial charge in [0.25, 0.3) is 5.91 Å². The number of nitrogens with one attached hydrogen (secondary N) is 2. The predicted molar refractivity (Wildman–Crippen MR) is 104 cm³/mol. The molecule has 0 aliphatic carbocycles. The van der Waals surface area contributed by atoms with Gasteiger partial charge in [0.1, 0.15) is 11.8 Å². The van der Waals surface area contributed by atoms with Crippen LogP contribution in [0.15, 0.2) is 40.2 Å². The van der Waals surface area contributed by atoms with Gasteiger partial charge in [-0.3, -0.25) is 14.4 Å². The van der Waals surface area contributed by atoms with Crippen LogP contribution in [0.1, 0.15) is 18.1 Å². The van der Waals surface area contributed by atoms with Gasteiger partial charge in [0, 0.05) is 6.07 Å². The number of esters is 1. The number of nitrogens with zero attached hydrogens (tertiary/aromatic N) is 1. The van der Waals surface area contributed by atoms with Gasteiger partial charge in [-0.15, -0.1) is 0 Å². The molecular formula is C19H19N3O5S. The van der Waals surface area contributed by atoms with E-state index in [1.807, 2.05) is 6.07 Å². The molecule has 1 heterocycles. The average Bonchev–Trinajstić information content (AvgIpc) is 2.66. The fourth-order valence-corrected chi connectivity index (χ4v) is 3.16. The first-order valence-electron chi connectivity index (χ1n) is 8.26. The summed E-state index contributed by atoms with van der Waals surface area (Å²) < 4.78 is 10.3. The van der Waals surface area contributed by atoms with Gasteiger partial charge in [-0.05, 0) is 31.5 Å². The minimum atomic E-state index is -1.04. The number of nitriles is 1. The Morgan fingerprint density at radius 1 is 1.36 bits per heavy atom. The Labute approximate surface area is 165 Å². The average molecular weight is 401 g/mol. The lowest BCUT2D eigenvalue weighted by Crippen LogP contribution is -2.30. The van der Waals surface area contributed by atoms with E-state index in [-0.39, 0.29) is 16.3 Å². The van der Waals surface area contributed by atoms with E-state index >= 15 is 0 Å². The van der Waals surface area contributed by atoms with Gasteiger partial charge < -0.3 is 19.8 Å². The number of amides is 1. The monoisotopic (exact) mass is 401 g/mol. The molecule has 9 heteroatoms. The van der Waals surface area contributed by atoms with Crippen LogP contribution in [0, 0.1) is 18.3 Å². The summed E-state index contributed by atoms with van der Waals surface area (Å²) >= 11 is 0.968. The van der Waals surface area contributed by atoms with Gasteiger partial charge in [-0.25, -0.2) is 0 Å². The van der Waals surface area contributed by atoms with Gasteiger partial charge in [0.2, 0.25) is 5.56 Å². The van der Waals surface area contributed by atoms with Crippen LogP contribution in [-0.2, 0) is 14.3 Å². The molecule has 2 rings (SSSR count). The Kier molecular flexibility index (Phi) is 7.23. The SMILES string of the molecule is COc1ccccc1NC(=O)[C@H](C)OC(=O)CSc1[nH]c(=O)cc(C)c1C#N. The molecule has 2 N–H and O–H groups in total. The van der Waals surface area contributed by atoms with Gasteiger partial charge >= 0.3 is 5.97 Å². The molecule has 1 atom stereocenters. The Bertz CT molecular complexity index is 980. The predicted octanol–water partition coefficient (Wildman–Crippen LogP) is 2.23. The van der Waals surface area contributed by atoms with Crippen LogP contribution in [0.5, 0.6) is 5.75 Å². The van der Waals surface area contributed by atoms with Crippen LogP contribution >= 0.6 is 11.8 Å². The van der Waals surface area contributed by atoms with E-state index in [2.05, 4.69) is 10.3 Å². The fraction of sp³-hybridized carbons (Fsp3) is 0.263. The third-order valence-corrected chi connectivity index (χ3v) is 4.67. The van der Waals surface area contributed by atoms with Crippen molar-refractivity contribution in [3.8, 4) is 11.8 Å². The van der Waals surface area contributed by atoms with Crippen molar-refractivity contribution in [3.63, 3.8) is 0 Å². The highest BCUT2D eigenvalue weighted by atomic mass is 32.2. The summed E-state index contributed by atoms with van der Waals surface area (Å²) in [5.74, 6) is -0.846. The third kappa shape index (κ3) is 5.37. The highest BCUT2D eigenvalue weighted by molar-refractivity contribution is 7.99. The Morgan fingerprint density at radius 2 is 2.07 bits per heavy atom. The van der Waals surface area contributed by atoms with Crippen molar-refractivity contribution < 1.29 is 19.1 Å². The quantitative estimate of drug-likeness (QED) is 0.539. The molecule has 0 fully saturated rings. The van der Waals surface area contributed by atoms with Crippen LogP contribution < -0.4 is 15.6 Å². The summed E-state index contributed by atoms with van der Waals surface area (Å²) in [4.78, 5) is 38.4. The number of H-pyrrole nitrogens is 1. The highest BCUT2D eigenvalue weighted by Crippen LogP contribution is 2.24. The molecule has 0 radical (unpaired) electrons. The zero-order valence-electron chi connectivity index (χ0n) is 15.6. The van der Waals surface area contributed by atoms with Crippen molar-refractivity contribution in [3.05, 3.63) is 51.8 Å². The number of para-hydroxylation sites is 2. The molecule has 0 saturated carbocycles. The number of hydrogen-bond acceptors (Lipinski definition) is 7. The highest BCUT2D eigenvalue weighted by Gasteiger charge is 2.20. The smallest absolute Gasteiger partial charge is 0.317 e.